The van der Waals surface area contributed by atoms with Crippen molar-refractivity contribution in [2.75, 3.05) is 12.9 Å². The average Bonchev–Trinajstić information content (AvgIpc) is 2.34. The van der Waals surface area contributed by atoms with E-state index in [1.54, 1.807) is 18.2 Å². The Balaban J connectivity index is 2.65. The standard InChI is InChI=1S/C13H18O4S/c1-11(14)6-3-4-9-18(15,16)13-8-5-7-12(10-13)17-2/h5,7-8,10H,3-4,6,9H2,1-2H3. The van der Waals surface area contributed by atoms with Crippen molar-refractivity contribution in [2.24, 2.45) is 0 Å². The monoisotopic (exact) mass is 270 g/mol. The number of ketones is 1. The second kappa shape index (κ2) is 6.54. The van der Waals surface area contributed by atoms with Crippen LogP contribution >= 0.6 is 0 Å². The summed E-state index contributed by atoms with van der Waals surface area (Å²) >= 11 is 0. The number of methoxy groups -OCH3 is 1. The summed E-state index contributed by atoms with van der Waals surface area (Å²) in [5, 5.41) is 0. The highest BCUT2D eigenvalue weighted by molar-refractivity contribution is 7.91. The Morgan fingerprint density at radius 1 is 1.28 bits per heavy atom. The van der Waals surface area contributed by atoms with Crippen LogP contribution in [0.5, 0.6) is 5.75 Å². The lowest BCUT2D eigenvalue weighted by Crippen LogP contribution is -2.07. The minimum absolute atomic E-state index is 0.0629. The fourth-order valence-electron chi connectivity index (χ4n) is 1.58. The van der Waals surface area contributed by atoms with Gasteiger partial charge in [-0.05, 0) is 38.0 Å². The Morgan fingerprint density at radius 3 is 2.61 bits per heavy atom. The maximum absolute atomic E-state index is 12.0. The lowest BCUT2D eigenvalue weighted by molar-refractivity contribution is -0.117. The molecule has 5 heteroatoms. The average molecular weight is 270 g/mol. The molecule has 0 fully saturated rings. The van der Waals surface area contributed by atoms with E-state index in [1.807, 2.05) is 0 Å². The van der Waals surface area contributed by atoms with Crippen molar-refractivity contribution in [1.29, 1.82) is 0 Å². The molecule has 0 aliphatic carbocycles. The van der Waals surface area contributed by atoms with Crippen LogP contribution in [-0.4, -0.2) is 27.1 Å². The topological polar surface area (TPSA) is 60.4 Å². The molecule has 100 valence electrons. The van der Waals surface area contributed by atoms with Crippen LogP contribution in [0.3, 0.4) is 0 Å². The quantitative estimate of drug-likeness (QED) is 0.713. The molecule has 0 aliphatic heterocycles. The predicted octanol–water partition coefficient (Wildman–Crippen LogP) is 2.23. The van der Waals surface area contributed by atoms with Crippen molar-refractivity contribution in [2.45, 2.75) is 31.1 Å². The summed E-state index contributed by atoms with van der Waals surface area (Å²) in [4.78, 5) is 11.0. The van der Waals surface area contributed by atoms with E-state index in [0.717, 1.165) is 0 Å². The number of rotatable bonds is 7. The minimum atomic E-state index is -3.28. The van der Waals surface area contributed by atoms with Gasteiger partial charge in [0.2, 0.25) is 0 Å². The Kier molecular flexibility index (Phi) is 5.34. The second-order valence-corrected chi connectivity index (χ2v) is 6.27. The molecule has 0 saturated carbocycles. The van der Waals surface area contributed by atoms with E-state index in [1.165, 1.54) is 20.1 Å². The molecule has 0 heterocycles. The number of hydrogen-bond donors (Lipinski definition) is 0. The van der Waals surface area contributed by atoms with Gasteiger partial charge in [-0.3, -0.25) is 0 Å². The molecule has 0 spiro atoms. The van der Waals surface area contributed by atoms with Gasteiger partial charge in [0, 0.05) is 6.42 Å². The minimum Gasteiger partial charge on any atom is -0.497 e. The third-order valence-corrected chi connectivity index (χ3v) is 4.39. The highest BCUT2D eigenvalue weighted by Crippen LogP contribution is 2.19. The fourth-order valence-corrected chi connectivity index (χ4v) is 2.98. The van der Waals surface area contributed by atoms with E-state index in [9.17, 15) is 13.2 Å². The summed E-state index contributed by atoms with van der Waals surface area (Å²) in [6.45, 7) is 1.51. The summed E-state index contributed by atoms with van der Waals surface area (Å²) < 4.78 is 29.0. The highest BCUT2D eigenvalue weighted by Gasteiger charge is 2.14. The van der Waals surface area contributed by atoms with Crippen LogP contribution in [0.2, 0.25) is 0 Å². The summed E-state index contributed by atoms with van der Waals surface area (Å²) in [6.07, 6.45) is 1.55. The van der Waals surface area contributed by atoms with Crippen LogP contribution in [0.4, 0.5) is 0 Å². The van der Waals surface area contributed by atoms with Crippen molar-refractivity contribution in [1.82, 2.24) is 0 Å². The van der Waals surface area contributed by atoms with Crippen LogP contribution in [0.15, 0.2) is 29.2 Å². The van der Waals surface area contributed by atoms with Gasteiger partial charge in [-0.1, -0.05) is 6.07 Å². The number of carbonyl (C=O) groups is 1. The molecule has 0 aromatic heterocycles. The van der Waals surface area contributed by atoms with Gasteiger partial charge in [0.15, 0.2) is 9.84 Å². The predicted molar refractivity (Wildman–Crippen MR) is 69.6 cm³/mol. The number of hydrogen-bond acceptors (Lipinski definition) is 4. The van der Waals surface area contributed by atoms with Crippen molar-refractivity contribution in [3.8, 4) is 5.75 Å². The van der Waals surface area contributed by atoms with E-state index in [2.05, 4.69) is 0 Å². The molecule has 0 amide bonds. The van der Waals surface area contributed by atoms with Crippen LogP contribution < -0.4 is 4.74 Å². The zero-order chi connectivity index (χ0) is 13.6. The van der Waals surface area contributed by atoms with E-state index in [0.29, 0.717) is 25.0 Å². The molecule has 0 unspecified atom stereocenters. The van der Waals surface area contributed by atoms with E-state index in [4.69, 9.17) is 4.74 Å². The maximum atomic E-state index is 12.0. The largest absolute Gasteiger partial charge is 0.497 e. The molecule has 1 rings (SSSR count). The molecule has 0 saturated heterocycles. The highest BCUT2D eigenvalue weighted by atomic mass is 32.2. The number of benzene rings is 1. The Bertz CT molecular complexity index is 505. The van der Waals surface area contributed by atoms with Crippen LogP contribution in [0.1, 0.15) is 26.2 Å². The smallest absolute Gasteiger partial charge is 0.178 e. The van der Waals surface area contributed by atoms with E-state index in [-0.39, 0.29) is 16.4 Å². The number of Topliss-reactive ketones (excluding diaryl/α,β-unsaturated/α-hetero) is 1. The molecule has 4 nitrogen and oxygen atoms in total. The van der Waals surface area contributed by atoms with Crippen LogP contribution in [0.25, 0.3) is 0 Å². The Morgan fingerprint density at radius 2 is 2.00 bits per heavy atom. The number of ether oxygens (including phenoxy) is 1. The first kappa shape index (κ1) is 14.7. The van der Waals surface area contributed by atoms with Gasteiger partial charge in [0.1, 0.15) is 11.5 Å². The molecule has 0 radical (unpaired) electrons. The molecular formula is C13H18O4S. The van der Waals surface area contributed by atoms with Gasteiger partial charge in [-0.15, -0.1) is 0 Å². The molecule has 1 aromatic rings. The van der Waals surface area contributed by atoms with E-state index >= 15 is 0 Å². The first-order chi connectivity index (χ1) is 8.45. The van der Waals surface area contributed by atoms with Gasteiger partial charge in [-0.2, -0.15) is 0 Å². The Hall–Kier alpha value is -1.36. The van der Waals surface area contributed by atoms with Gasteiger partial charge >= 0.3 is 0 Å². The van der Waals surface area contributed by atoms with Crippen molar-refractivity contribution in [3.05, 3.63) is 24.3 Å². The molecule has 0 N–H and O–H groups in total. The number of sulfone groups is 1. The first-order valence-electron chi connectivity index (χ1n) is 5.82. The molecule has 0 bridgehead atoms. The van der Waals surface area contributed by atoms with Gasteiger partial charge in [0.05, 0.1) is 17.8 Å². The van der Waals surface area contributed by atoms with Crippen molar-refractivity contribution < 1.29 is 17.9 Å². The van der Waals surface area contributed by atoms with Gasteiger partial charge < -0.3 is 9.53 Å². The summed E-state index contributed by atoms with van der Waals surface area (Å²) in [5.74, 6) is 0.682. The lowest BCUT2D eigenvalue weighted by atomic mass is 10.2. The van der Waals surface area contributed by atoms with Crippen molar-refractivity contribution in [3.63, 3.8) is 0 Å². The first-order valence-corrected chi connectivity index (χ1v) is 7.47. The number of carbonyl (C=O) groups excluding carboxylic acids is 1. The molecule has 0 aliphatic rings. The van der Waals surface area contributed by atoms with Crippen LogP contribution in [-0.2, 0) is 14.6 Å². The Labute approximate surface area is 108 Å². The SMILES string of the molecule is COc1cccc(S(=O)(=O)CCCCC(C)=O)c1. The zero-order valence-electron chi connectivity index (χ0n) is 10.7. The fraction of sp³-hybridized carbons (Fsp3) is 0.462. The summed E-state index contributed by atoms with van der Waals surface area (Å²) in [5.41, 5.74) is 0. The maximum Gasteiger partial charge on any atom is 0.178 e. The van der Waals surface area contributed by atoms with Crippen LogP contribution in [0, 0.1) is 0 Å². The normalized spacial score (nSPS) is 11.2. The van der Waals surface area contributed by atoms with Gasteiger partial charge in [0.25, 0.3) is 0 Å². The van der Waals surface area contributed by atoms with Gasteiger partial charge in [-0.25, -0.2) is 8.42 Å². The molecule has 1 aromatic carbocycles. The zero-order valence-corrected chi connectivity index (χ0v) is 11.5. The molecule has 0 atom stereocenters. The lowest BCUT2D eigenvalue weighted by Gasteiger charge is -2.06. The molecule has 18 heavy (non-hydrogen) atoms. The summed E-state index contributed by atoms with van der Waals surface area (Å²) in [6, 6.07) is 6.43. The third-order valence-electron chi connectivity index (χ3n) is 2.59. The number of unbranched alkanes of at least 4 members (excludes halogenated alkanes) is 1. The summed E-state index contributed by atoms with van der Waals surface area (Å²) in [7, 11) is -1.78. The second-order valence-electron chi connectivity index (χ2n) is 4.16. The van der Waals surface area contributed by atoms with Crippen molar-refractivity contribution >= 4 is 15.6 Å². The molecular weight excluding hydrogens is 252 g/mol. The van der Waals surface area contributed by atoms with E-state index < -0.39 is 9.84 Å². The third kappa shape index (κ3) is 4.49.